The summed E-state index contributed by atoms with van der Waals surface area (Å²) in [5.74, 6) is -1.64. The molecular weight excluding hydrogens is 237 g/mol. The molecule has 1 N–H and O–H groups in total. The molecule has 18 heavy (non-hydrogen) atoms. The Morgan fingerprint density at radius 1 is 1.33 bits per heavy atom. The summed E-state index contributed by atoms with van der Waals surface area (Å²) in [6.45, 7) is 0. The number of aromatic carboxylic acids is 1. The van der Waals surface area contributed by atoms with Gasteiger partial charge in [-0.1, -0.05) is 0 Å². The van der Waals surface area contributed by atoms with Gasteiger partial charge in [0.2, 0.25) is 0 Å². The number of pyridine rings is 1. The highest BCUT2D eigenvalue weighted by Crippen LogP contribution is 2.38. The van der Waals surface area contributed by atoms with Gasteiger partial charge in [0.05, 0.1) is 5.52 Å². The minimum Gasteiger partial charge on any atom is -0.477 e. The lowest BCUT2D eigenvalue weighted by Crippen LogP contribution is -2.17. The number of aromatic nitrogens is 1. The molecular formula is C13H10FNO3. The first-order valence-corrected chi connectivity index (χ1v) is 5.66. The van der Waals surface area contributed by atoms with E-state index >= 15 is 0 Å². The first-order valence-electron chi connectivity index (χ1n) is 5.66. The van der Waals surface area contributed by atoms with E-state index < -0.39 is 11.8 Å². The number of rotatable bonds is 2. The first kappa shape index (κ1) is 11.0. The summed E-state index contributed by atoms with van der Waals surface area (Å²) >= 11 is 0. The third kappa shape index (κ3) is 1.59. The monoisotopic (exact) mass is 247 g/mol. The summed E-state index contributed by atoms with van der Waals surface area (Å²) in [5.41, 5.74) is -0.0951. The van der Waals surface area contributed by atoms with E-state index in [1.165, 1.54) is 18.2 Å². The van der Waals surface area contributed by atoms with Gasteiger partial charge in [0.25, 0.3) is 0 Å². The molecule has 92 valence electrons. The SMILES string of the molecule is O=C(O)c1cc(=O)c2ccc(F)cc2n1C1CC1. The number of hydrogen-bond acceptors (Lipinski definition) is 2. The van der Waals surface area contributed by atoms with E-state index in [0.717, 1.165) is 18.9 Å². The molecule has 1 aromatic carbocycles. The Morgan fingerprint density at radius 2 is 2.06 bits per heavy atom. The van der Waals surface area contributed by atoms with E-state index in [4.69, 9.17) is 5.11 Å². The van der Waals surface area contributed by atoms with Crippen LogP contribution in [0.25, 0.3) is 10.9 Å². The summed E-state index contributed by atoms with van der Waals surface area (Å²) in [5, 5.41) is 9.50. The maximum atomic E-state index is 13.3. The normalized spacial score (nSPS) is 14.9. The van der Waals surface area contributed by atoms with E-state index in [0.29, 0.717) is 10.9 Å². The van der Waals surface area contributed by atoms with Crippen LogP contribution in [0.15, 0.2) is 29.1 Å². The van der Waals surface area contributed by atoms with Gasteiger partial charge in [-0.05, 0) is 31.0 Å². The van der Waals surface area contributed by atoms with Gasteiger partial charge in [0, 0.05) is 17.5 Å². The van der Waals surface area contributed by atoms with Crippen molar-refractivity contribution in [3.8, 4) is 0 Å². The molecule has 0 unspecified atom stereocenters. The molecule has 0 radical (unpaired) electrons. The van der Waals surface area contributed by atoms with E-state index in [1.807, 2.05) is 0 Å². The molecule has 0 amide bonds. The second-order valence-corrected chi connectivity index (χ2v) is 4.46. The standard InChI is InChI=1S/C13H10FNO3/c14-7-1-4-9-10(5-7)15(8-2-3-8)11(13(17)18)6-12(9)16/h1,4-6,8H,2-3H2,(H,17,18). The summed E-state index contributed by atoms with van der Waals surface area (Å²) < 4.78 is 14.9. The van der Waals surface area contributed by atoms with Crippen molar-refractivity contribution in [1.82, 2.24) is 4.57 Å². The van der Waals surface area contributed by atoms with Crippen molar-refractivity contribution in [2.75, 3.05) is 0 Å². The van der Waals surface area contributed by atoms with Gasteiger partial charge in [-0.3, -0.25) is 4.79 Å². The lowest BCUT2D eigenvalue weighted by Gasteiger charge is -2.13. The second-order valence-electron chi connectivity index (χ2n) is 4.46. The number of carboxylic acids is 1. The largest absolute Gasteiger partial charge is 0.477 e. The van der Waals surface area contributed by atoms with E-state index in [2.05, 4.69) is 0 Å². The number of hydrogen-bond donors (Lipinski definition) is 1. The lowest BCUT2D eigenvalue weighted by atomic mass is 10.1. The van der Waals surface area contributed by atoms with Gasteiger partial charge < -0.3 is 9.67 Å². The van der Waals surface area contributed by atoms with Crippen LogP contribution in [0.3, 0.4) is 0 Å². The van der Waals surface area contributed by atoms with Gasteiger partial charge in [0.15, 0.2) is 5.43 Å². The quantitative estimate of drug-likeness (QED) is 0.884. The molecule has 0 atom stereocenters. The van der Waals surface area contributed by atoms with Crippen LogP contribution in [0, 0.1) is 5.82 Å². The minimum atomic E-state index is -1.16. The van der Waals surface area contributed by atoms with Gasteiger partial charge >= 0.3 is 5.97 Å². The van der Waals surface area contributed by atoms with Crippen molar-refractivity contribution < 1.29 is 14.3 Å². The summed E-state index contributed by atoms with van der Waals surface area (Å²) in [4.78, 5) is 23.0. The Labute approximate surface area is 101 Å². The Balaban J connectivity index is 2.46. The smallest absolute Gasteiger partial charge is 0.352 e. The van der Waals surface area contributed by atoms with Crippen molar-refractivity contribution in [1.29, 1.82) is 0 Å². The molecule has 0 saturated heterocycles. The molecule has 2 aromatic rings. The van der Waals surface area contributed by atoms with E-state index in [-0.39, 0.29) is 17.2 Å². The molecule has 5 heteroatoms. The zero-order valence-corrected chi connectivity index (χ0v) is 9.39. The Bertz CT molecular complexity index is 716. The van der Waals surface area contributed by atoms with Gasteiger partial charge in [0.1, 0.15) is 11.5 Å². The maximum absolute atomic E-state index is 13.3. The molecule has 1 aliphatic rings. The molecule has 4 nitrogen and oxygen atoms in total. The number of carboxylic acid groups (broad SMARTS) is 1. The van der Waals surface area contributed by atoms with Crippen molar-refractivity contribution in [2.24, 2.45) is 0 Å². The van der Waals surface area contributed by atoms with E-state index in [1.54, 1.807) is 4.57 Å². The highest BCUT2D eigenvalue weighted by atomic mass is 19.1. The second kappa shape index (κ2) is 3.66. The predicted octanol–water partition coefficient (Wildman–Crippen LogP) is 2.17. The Hall–Kier alpha value is -2.17. The average molecular weight is 247 g/mol. The zero-order valence-electron chi connectivity index (χ0n) is 9.39. The molecule has 1 fully saturated rings. The third-order valence-corrected chi connectivity index (χ3v) is 3.14. The summed E-state index contributed by atoms with van der Waals surface area (Å²) in [7, 11) is 0. The fourth-order valence-electron chi connectivity index (χ4n) is 2.20. The van der Waals surface area contributed by atoms with Gasteiger partial charge in [-0.15, -0.1) is 0 Å². The van der Waals surface area contributed by atoms with Crippen LogP contribution in [0.1, 0.15) is 29.4 Å². The highest BCUT2D eigenvalue weighted by molar-refractivity contribution is 5.90. The van der Waals surface area contributed by atoms with Crippen molar-refractivity contribution in [2.45, 2.75) is 18.9 Å². The van der Waals surface area contributed by atoms with Crippen LogP contribution < -0.4 is 5.43 Å². The first-order chi connectivity index (χ1) is 8.58. The molecule has 1 aliphatic carbocycles. The van der Waals surface area contributed by atoms with Crippen LogP contribution in [0.5, 0.6) is 0 Å². The van der Waals surface area contributed by atoms with Gasteiger partial charge in [-0.2, -0.15) is 0 Å². The van der Waals surface area contributed by atoms with Crippen LogP contribution in [-0.4, -0.2) is 15.6 Å². The number of benzene rings is 1. The predicted molar refractivity (Wildman–Crippen MR) is 63.4 cm³/mol. The van der Waals surface area contributed by atoms with Crippen molar-refractivity contribution >= 4 is 16.9 Å². The minimum absolute atomic E-state index is 0.0565. The number of nitrogens with zero attached hydrogens (tertiary/aromatic N) is 1. The fraction of sp³-hybridized carbons (Fsp3) is 0.231. The van der Waals surface area contributed by atoms with Crippen LogP contribution >= 0.6 is 0 Å². The third-order valence-electron chi connectivity index (χ3n) is 3.14. The molecule has 0 spiro atoms. The van der Waals surface area contributed by atoms with E-state index in [9.17, 15) is 14.0 Å². The van der Waals surface area contributed by atoms with Crippen LogP contribution in [-0.2, 0) is 0 Å². The molecule has 1 saturated carbocycles. The molecule has 1 aromatic heterocycles. The fourth-order valence-corrected chi connectivity index (χ4v) is 2.20. The molecule has 1 heterocycles. The number of fused-ring (bicyclic) bond motifs is 1. The maximum Gasteiger partial charge on any atom is 0.352 e. The number of carbonyl (C=O) groups is 1. The molecule has 3 rings (SSSR count). The Kier molecular flexibility index (Phi) is 2.23. The van der Waals surface area contributed by atoms with Crippen LogP contribution in [0.4, 0.5) is 4.39 Å². The van der Waals surface area contributed by atoms with Crippen molar-refractivity contribution in [3.63, 3.8) is 0 Å². The van der Waals surface area contributed by atoms with Gasteiger partial charge in [-0.25, -0.2) is 9.18 Å². The molecule has 0 aliphatic heterocycles. The average Bonchev–Trinajstić information content (AvgIpc) is 3.12. The van der Waals surface area contributed by atoms with Crippen LogP contribution in [0.2, 0.25) is 0 Å². The molecule has 0 bridgehead atoms. The summed E-state index contributed by atoms with van der Waals surface area (Å²) in [6, 6.07) is 5.00. The number of halogens is 1. The highest BCUT2D eigenvalue weighted by Gasteiger charge is 2.29. The summed E-state index contributed by atoms with van der Waals surface area (Å²) in [6.07, 6.45) is 1.71. The zero-order chi connectivity index (χ0) is 12.9. The lowest BCUT2D eigenvalue weighted by molar-refractivity contribution is 0.0684. The topological polar surface area (TPSA) is 59.3 Å². The Morgan fingerprint density at radius 3 is 2.67 bits per heavy atom. The van der Waals surface area contributed by atoms with Crippen molar-refractivity contribution in [3.05, 3.63) is 46.0 Å².